The highest BCUT2D eigenvalue weighted by Crippen LogP contribution is 2.28. The number of nitrogens with zero attached hydrogens (tertiary/aromatic N) is 2. The summed E-state index contributed by atoms with van der Waals surface area (Å²) < 4.78 is 23.1. The van der Waals surface area contributed by atoms with Gasteiger partial charge in [-0.25, -0.2) is 4.98 Å². The molecule has 2 rings (SSSR count). The van der Waals surface area contributed by atoms with Gasteiger partial charge in [0.15, 0.2) is 0 Å². The first-order chi connectivity index (χ1) is 8.39. The summed E-state index contributed by atoms with van der Waals surface area (Å²) in [4.78, 5) is 15.6. The maximum atomic E-state index is 11.6. The van der Waals surface area contributed by atoms with Crippen LogP contribution in [0.2, 0.25) is 0 Å². The van der Waals surface area contributed by atoms with Crippen molar-refractivity contribution in [2.24, 2.45) is 18.9 Å². The van der Waals surface area contributed by atoms with Gasteiger partial charge in [-0.3, -0.25) is 4.79 Å². The van der Waals surface area contributed by atoms with Crippen LogP contribution in [0.5, 0.6) is 0 Å². The molecule has 0 aliphatic carbocycles. The normalized spacial score (nSPS) is 31.2. The van der Waals surface area contributed by atoms with E-state index in [9.17, 15) is 4.79 Å². The molecule has 0 amide bonds. The first kappa shape index (κ1) is 8.79. The summed E-state index contributed by atoms with van der Waals surface area (Å²) in [7, 11) is 1.83. The Bertz CT molecular complexity index is 487. The molecule has 2 heterocycles. The molecule has 0 N–H and O–H groups in total. The molecule has 0 bridgehead atoms. The van der Waals surface area contributed by atoms with Gasteiger partial charge in [0.1, 0.15) is 5.82 Å². The molecule has 16 heavy (non-hydrogen) atoms. The molecule has 0 spiro atoms. The Labute approximate surface area is 98.4 Å². The highest BCUT2D eigenvalue weighted by Gasteiger charge is 2.35. The fourth-order valence-corrected chi connectivity index (χ4v) is 2.03. The summed E-state index contributed by atoms with van der Waals surface area (Å²) in [6.07, 6.45) is 1.11. The molecule has 0 saturated carbocycles. The topological polar surface area (TPSA) is 44.1 Å². The number of imidazole rings is 1. The van der Waals surface area contributed by atoms with Crippen LogP contribution >= 0.6 is 0 Å². The molecule has 0 unspecified atom stereocenters. The molecule has 88 valence electrons. The molecule has 1 aromatic heterocycles. The van der Waals surface area contributed by atoms with Crippen molar-refractivity contribution in [3.63, 3.8) is 0 Å². The van der Waals surface area contributed by atoms with Crippen molar-refractivity contribution in [3.05, 3.63) is 17.7 Å². The molecule has 4 nitrogen and oxygen atoms in total. The van der Waals surface area contributed by atoms with Gasteiger partial charge in [0.25, 0.3) is 0 Å². The van der Waals surface area contributed by atoms with E-state index in [4.69, 9.17) is 7.48 Å². The molecular weight excluding hydrogens is 204 g/mol. The van der Waals surface area contributed by atoms with Crippen LogP contribution in [0.4, 0.5) is 0 Å². The van der Waals surface area contributed by atoms with Gasteiger partial charge in [0.05, 0.1) is 13.9 Å². The molecule has 2 atom stereocenters. The van der Waals surface area contributed by atoms with Crippen molar-refractivity contribution in [3.8, 4) is 0 Å². The van der Waals surface area contributed by atoms with Crippen molar-refractivity contribution in [2.45, 2.75) is 26.7 Å². The van der Waals surface area contributed by atoms with Crippen LogP contribution in [0, 0.1) is 18.7 Å². The van der Waals surface area contributed by atoms with Gasteiger partial charge in [0.2, 0.25) is 0 Å². The monoisotopic (exact) mass is 224 g/mol. The van der Waals surface area contributed by atoms with Crippen LogP contribution in [0.25, 0.3) is 0 Å². The maximum Gasteiger partial charge on any atom is 0.309 e. The number of rotatable bonds is 3. The standard InChI is InChI=1S/C12H18N2O2/c1-4-11-9(7-16-12(11)15)5-10-6-13-8(2)14(10)3/h6,9,11H,4-5,7H2,1-3H3/t9-,11-/m0/s1/i6D,9D. The Morgan fingerprint density at radius 3 is 3.12 bits per heavy atom. The molecule has 4 heteroatoms. The van der Waals surface area contributed by atoms with Gasteiger partial charge < -0.3 is 9.30 Å². The highest BCUT2D eigenvalue weighted by atomic mass is 16.5. The third-order valence-electron chi connectivity index (χ3n) is 3.22. The maximum absolute atomic E-state index is 11.6. The zero-order chi connectivity index (χ0) is 13.5. The predicted molar refractivity (Wildman–Crippen MR) is 59.9 cm³/mol. The summed E-state index contributed by atoms with van der Waals surface area (Å²) in [6, 6.07) is 0. The third-order valence-corrected chi connectivity index (χ3v) is 3.22. The fourth-order valence-electron chi connectivity index (χ4n) is 2.03. The lowest BCUT2D eigenvalue weighted by atomic mass is 9.89. The number of ether oxygens (including phenoxy) is 1. The Kier molecular flexibility index (Phi) is 2.35. The summed E-state index contributed by atoms with van der Waals surface area (Å²) in [5.41, 5.74) is 0.694. The molecule has 1 aliphatic rings. The van der Waals surface area contributed by atoms with Crippen LogP contribution in [0.15, 0.2) is 6.17 Å². The smallest absolute Gasteiger partial charge is 0.309 e. The zero-order valence-corrected chi connectivity index (χ0v) is 9.91. The quantitative estimate of drug-likeness (QED) is 0.730. The molecule has 0 radical (unpaired) electrons. The van der Waals surface area contributed by atoms with Crippen molar-refractivity contribution in [1.82, 2.24) is 9.55 Å². The van der Waals surface area contributed by atoms with E-state index in [-0.39, 0.29) is 18.7 Å². The van der Waals surface area contributed by atoms with Gasteiger partial charge in [-0.2, -0.15) is 0 Å². The van der Waals surface area contributed by atoms with Gasteiger partial charge in [0, 0.05) is 26.2 Å². The Morgan fingerprint density at radius 1 is 1.81 bits per heavy atom. The number of cyclic esters (lactones) is 1. The van der Waals surface area contributed by atoms with Gasteiger partial charge in [-0.1, -0.05) is 6.92 Å². The summed E-state index contributed by atoms with van der Waals surface area (Å²) in [5, 5.41) is 0. The molecule has 1 fully saturated rings. The van der Waals surface area contributed by atoms with Crippen molar-refractivity contribution >= 4 is 5.97 Å². The van der Waals surface area contributed by atoms with Gasteiger partial charge in [-0.15, -0.1) is 0 Å². The van der Waals surface area contributed by atoms with E-state index in [0.717, 1.165) is 5.82 Å². The lowest BCUT2D eigenvalue weighted by Crippen LogP contribution is -2.18. The third kappa shape index (κ3) is 1.84. The fraction of sp³-hybridized carbons (Fsp3) is 0.667. The average Bonchev–Trinajstić information content (AvgIpc) is 2.72. The van der Waals surface area contributed by atoms with Crippen LogP contribution in [0.3, 0.4) is 0 Å². The second-order valence-electron chi connectivity index (χ2n) is 4.18. The molecule has 1 aromatic rings. The summed E-state index contributed by atoms with van der Waals surface area (Å²) in [6.45, 7) is 3.82. The van der Waals surface area contributed by atoms with Crippen LogP contribution in [0.1, 0.15) is 27.6 Å². The summed E-state index contributed by atoms with van der Waals surface area (Å²) >= 11 is 0. The first-order valence-corrected chi connectivity index (χ1v) is 5.54. The number of hydrogen-bond acceptors (Lipinski definition) is 3. The molecule has 1 saturated heterocycles. The van der Waals surface area contributed by atoms with Gasteiger partial charge in [-0.05, 0) is 19.8 Å². The van der Waals surface area contributed by atoms with E-state index in [2.05, 4.69) is 4.98 Å². The van der Waals surface area contributed by atoms with Crippen molar-refractivity contribution in [1.29, 1.82) is 0 Å². The van der Waals surface area contributed by atoms with E-state index in [1.807, 2.05) is 25.5 Å². The molecule has 1 aliphatic heterocycles. The highest BCUT2D eigenvalue weighted by molar-refractivity contribution is 5.74. The Morgan fingerprint density at radius 2 is 2.56 bits per heavy atom. The summed E-state index contributed by atoms with van der Waals surface area (Å²) in [5.74, 6) is -0.927. The van der Waals surface area contributed by atoms with E-state index in [1.54, 1.807) is 0 Å². The van der Waals surface area contributed by atoms with Gasteiger partial charge >= 0.3 is 5.97 Å². The molecule has 0 aromatic carbocycles. The lowest BCUT2D eigenvalue weighted by Gasteiger charge is -2.13. The van der Waals surface area contributed by atoms with Crippen LogP contribution < -0.4 is 0 Å². The van der Waals surface area contributed by atoms with Crippen LogP contribution in [-0.2, 0) is 23.0 Å². The SMILES string of the molecule is [2H]c1nc(C)n(C)c1C[C@@]1([2H])COC(=O)[C@H]1CC. The number of carbonyl (C=O) groups is 1. The second kappa shape index (κ2) is 4.28. The Balaban J connectivity index is 2.30. The zero-order valence-electron chi connectivity index (χ0n) is 11.9. The first-order valence-electron chi connectivity index (χ1n) is 6.54. The second-order valence-corrected chi connectivity index (χ2v) is 4.18. The van der Waals surface area contributed by atoms with E-state index in [0.29, 0.717) is 18.5 Å². The minimum absolute atomic E-state index is 0.105. The van der Waals surface area contributed by atoms with Crippen molar-refractivity contribution in [2.75, 3.05) is 6.61 Å². The lowest BCUT2D eigenvalue weighted by molar-refractivity contribution is -0.141. The van der Waals surface area contributed by atoms with Crippen LogP contribution in [-0.4, -0.2) is 22.1 Å². The largest absolute Gasteiger partial charge is 0.465 e. The Hall–Kier alpha value is -1.32. The number of aryl methyl sites for hydroxylation is 1. The van der Waals surface area contributed by atoms with E-state index < -0.39 is 11.8 Å². The molecular formula is C12H18N2O2. The minimum atomic E-state index is -0.970. The minimum Gasteiger partial charge on any atom is -0.465 e. The average molecular weight is 224 g/mol. The predicted octanol–water partition coefficient (Wildman–Crippen LogP) is 1.47. The number of aromatic nitrogens is 2. The van der Waals surface area contributed by atoms with Crippen molar-refractivity contribution < 1.29 is 12.3 Å². The van der Waals surface area contributed by atoms with E-state index in [1.165, 1.54) is 0 Å². The number of esters is 1. The van der Waals surface area contributed by atoms with E-state index >= 15 is 0 Å². The number of hydrogen-bond donors (Lipinski definition) is 0. The number of carbonyl (C=O) groups excluding carboxylic acids is 1.